The third kappa shape index (κ3) is 7.55. The van der Waals surface area contributed by atoms with Crippen LogP contribution in [0.1, 0.15) is 35.4 Å². The van der Waals surface area contributed by atoms with Gasteiger partial charge >= 0.3 is 0 Å². The number of carbonyl (C=O) groups is 1. The quantitative estimate of drug-likeness (QED) is 0.566. The molecule has 0 spiro atoms. The standard InChI is InChI=1S/C23H33N3O4S/c1-17-22(18(2)30-25-17)15-31-16-23(27)24-14-19-5-4-6-21(13-19)29-12-9-26(3)20-7-10-28-11-8-20/h4-6,13,20H,7-12,14-16H2,1-3H3,(H,24,27). The molecule has 3 rings (SSSR count). The first-order valence-electron chi connectivity index (χ1n) is 10.8. The van der Waals surface area contributed by atoms with E-state index in [4.69, 9.17) is 14.0 Å². The highest BCUT2D eigenvalue weighted by Gasteiger charge is 2.18. The third-order valence-corrected chi connectivity index (χ3v) is 6.53. The van der Waals surface area contributed by atoms with Crippen molar-refractivity contribution in [3.8, 4) is 5.75 Å². The Morgan fingerprint density at radius 2 is 2.13 bits per heavy atom. The van der Waals surface area contributed by atoms with Crippen molar-refractivity contribution in [2.75, 3.05) is 39.2 Å². The van der Waals surface area contributed by atoms with Gasteiger partial charge in [-0.3, -0.25) is 9.69 Å². The predicted octanol–water partition coefficient (Wildman–Crippen LogP) is 3.33. The first kappa shape index (κ1) is 23.6. The van der Waals surface area contributed by atoms with Crippen LogP contribution >= 0.6 is 11.8 Å². The van der Waals surface area contributed by atoms with E-state index in [0.717, 1.165) is 66.7 Å². The Hall–Kier alpha value is -2.03. The second kappa shape index (κ2) is 12.1. The molecule has 1 N–H and O–H groups in total. The number of benzene rings is 1. The van der Waals surface area contributed by atoms with Gasteiger partial charge in [-0.1, -0.05) is 17.3 Å². The molecule has 0 radical (unpaired) electrons. The van der Waals surface area contributed by atoms with Gasteiger partial charge in [-0.15, -0.1) is 11.8 Å². The number of hydrogen-bond acceptors (Lipinski definition) is 7. The van der Waals surface area contributed by atoms with Crippen molar-refractivity contribution in [3.05, 3.63) is 46.8 Å². The van der Waals surface area contributed by atoms with E-state index in [2.05, 4.69) is 22.4 Å². The number of nitrogens with zero attached hydrogens (tertiary/aromatic N) is 2. The van der Waals surface area contributed by atoms with Gasteiger partial charge in [0.1, 0.15) is 18.1 Å². The first-order valence-corrected chi connectivity index (χ1v) is 11.9. The lowest BCUT2D eigenvalue weighted by molar-refractivity contribution is -0.118. The molecule has 2 aromatic rings. The number of likely N-dealkylation sites (N-methyl/N-ethyl adjacent to an activating group) is 1. The van der Waals surface area contributed by atoms with E-state index in [1.165, 1.54) is 0 Å². The predicted molar refractivity (Wildman–Crippen MR) is 122 cm³/mol. The Balaban J connectivity index is 1.35. The highest BCUT2D eigenvalue weighted by atomic mass is 32.2. The number of amides is 1. The lowest BCUT2D eigenvalue weighted by Crippen LogP contribution is -2.38. The number of thioether (sulfide) groups is 1. The fourth-order valence-electron chi connectivity index (χ4n) is 3.57. The molecule has 31 heavy (non-hydrogen) atoms. The van der Waals surface area contributed by atoms with Crippen LogP contribution in [0.25, 0.3) is 0 Å². The van der Waals surface area contributed by atoms with E-state index in [0.29, 0.717) is 24.9 Å². The molecule has 8 heteroatoms. The molecule has 1 aliphatic rings. The third-order valence-electron chi connectivity index (χ3n) is 5.58. The summed E-state index contributed by atoms with van der Waals surface area (Å²) >= 11 is 1.56. The van der Waals surface area contributed by atoms with Crippen molar-refractivity contribution in [3.63, 3.8) is 0 Å². The van der Waals surface area contributed by atoms with Crippen molar-refractivity contribution in [1.29, 1.82) is 0 Å². The molecule has 1 aromatic heterocycles. The van der Waals surface area contributed by atoms with Crippen molar-refractivity contribution in [1.82, 2.24) is 15.4 Å². The molecule has 0 unspecified atom stereocenters. The van der Waals surface area contributed by atoms with Crippen molar-refractivity contribution in [2.45, 2.75) is 45.0 Å². The van der Waals surface area contributed by atoms with Crippen LogP contribution in [-0.2, 0) is 21.8 Å². The number of aryl methyl sites for hydroxylation is 2. The molecule has 170 valence electrons. The van der Waals surface area contributed by atoms with Gasteiger partial charge in [0.25, 0.3) is 0 Å². The molecular formula is C23H33N3O4S. The number of aromatic nitrogens is 1. The zero-order valence-electron chi connectivity index (χ0n) is 18.7. The number of rotatable bonds is 11. The van der Waals surface area contributed by atoms with Crippen LogP contribution in [-0.4, -0.2) is 61.2 Å². The molecule has 0 aliphatic carbocycles. The Morgan fingerprint density at radius 3 is 2.87 bits per heavy atom. The van der Waals surface area contributed by atoms with E-state index >= 15 is 0 Å². The highest BCUT2D eigenvalue weighted by Crippen LogP contribution is 2.19. The maximum absolute atomic E-state index is 12.2. The van der Waals surface area contributed by atoms with Crippen LogP contribution in [0.4, 0.5) is 0 Å². The normalized spacial score (nSPS) is 14.7. The average molecular weight is 448 g/mol. The average Bonchev–Trinajstić information content (AvgIpc) is 3.10. The van der Waals surface area contributed by atoms with Crippen LogP contribution in [0.5, 0.6) is 5.75 Å². The fraction of sp³-hybridized carbons (Fsp3) is 0.565. The smallest absolute Gasteiger partial charge is 0.230 e. The van der Waals surface area contributed by atoms with Crippen LogP contribution in [0.3, 0.4) is 0 Å². The molecule has 1 saturated heterocycles. The monoisotopic (exact) mass is 447 g/mol. The van der Waals surface area contributed by atoms with Gasteiger partial charge in [0.15, 0.2) is 0 Å². The zero-order chi connectivity index (χ0) is 22.1. The summed E-state index contributed by atoms with van der Waals surface area (Å²) in [4.78, 5) is 14.5. The van der Waals surface area contributed by atoms with Crippen molar-refractivity contribution < 1.29 is 18.8 Å². The molecule has 2 heterocycles. The molecule has 0 saturated carbocycles. The minimum atomic E-state index is 0.0150. The van der Waals surface area contributed by atoms with Crippen LogP contribution in [0, 0.1) is 13.8 Å². The summed E-state index contributed by atoms with van der Waals surface area (Å²) in [5, 5.41) is 6.92. The number of carbonyl (C=O) groups excluding carboxylic acids is 1. The number of ether oxygens (including phenoxy) is 2. The molecule has 0 atom stereocenters. The first-order chi connectivity index (χ1) is 15.0. The Bertz CT molecular complexity index is 816. The Kier molecular flexibility index (Phi) is 9.24. The second-order valence-corrected chi connectivity index (χ2v) is 8.88. The summed E-state index contributed by atoms with van der Waals surface area (Å²) in [5.74, 6) is 2.79. The van der Waals surface area contributed by atoms with E-state index in [9.17, 15) is 4.79 Å². The number of hydrogen-bond donors (Lipinski definition) is 1. The highest BCUT2D eigenvalue weighted by molar-refractivity contribution is 7.99. The summed E-state index contributed by atoms with van der Waals surface area (Å²) in [6, 6.07) is 8.49. The largest absolute Gasteiger partial charge is 0.492 e. The van der Waals surface area contributed by atoms with E-state index < -0.39 is 0 Å². The Labute approximate surface area is 188 Å². The molecule has 1 aliphatic heterocycles. The molecule has 1 fully saturated rings. The summed E-state index contributed by atoms with van der Waals surface area (Å²) in [7, 11) is 2.15. The summed E-state index contributed by atoms with van der Waals surface area (Å²) < 4.78 is 16.5. The molecule has 7 nitrogen and oxygen atoms in total. The van der Waals surface area contributed by atoms with Gasteiger partial charge < -0.3 is 19.3 Å². The minimum absolute atomic E-state index is 0.0150. The Morgan fingerprint density at radius 1 is 1.32 bits per heavy atom. The van der Waals surface area contributed by atoms with Gasteiger partial charge in [-0.25, -0.2) is 0 Å². The lowest BCUT2D eigenvalue weighted by Gasteiger charge is -2.31. The topological polar surface area (TPSA) is 76.8 Å². The van der Waals surface area contributed by atoms with Crippen LogP contribution < -0.4 is 10.1 Å². The maximum Gasteiger partial charge on any atom is 0.230 e. The summed E-state index contributed by atoms with van der Waals surface area (Å²) in [5.41, 5.74) is 2.99. The molecule has 0 bridgehead atoms. The van der Waals surface area contributed by atoms with Crippen molar-refractivity contribution >= 4 is 17.7 Å². The molecular weight excluding hydrogens is 414 g/mol. The SMILES string of the molecule is Cc1noc(C)c1CSCC(=O)NCc1cccc(OCCN(C)C2CCOCC2)c1. The fourth-order valence-corrected chi connectivity index (χ4v) is 4.57. The lowest BCUT2D eigenvalue weighted by atomic mass is 10.1. The summed E-state index contributed by atoms with van der Waals surface area (Å²) in [6.07, 6.45) is 2.17. The minimum Gasteiger partial charge on any atom is -0.492 e. The van der Waals surface area contributed by atoms with E-state index in [1.54, 1.807) is 11.8 Å². The molecule has 1 amide bonds. The molecule has 1 aromatic carbocycles. The van der Waals surface area contributed by atoms with Gasteiger partial charge in [-0.2, -0.15) is 0 Å². The van der Waals surface area contributed by atoms with Crippen molar-refractivity contribution in [2.24, 2.45) is 0 Å². The van der Waals surface area contributed by atoms with Gasteiger partial charge in [0.2, 0.25) is 5.91 Å². The van der Waals surface area contributed by atoms with E-state index in [1.807, 2.05) is 38.1 Å². The van der Waals surface area contributed by atoms with E-state index in [-0.39, 0.29) is 5.91 Å². The maximum atomic E-state index is 12.2. The van der Waals surface area contributed by atoms with Crippen LogP contribution in [0.15, 0.2) is 28.8 Å². The zero-order valence-corrected chi connectivity index (χ0v) is 19.5. The van der Waals surface area contributed by atoms with Gasteiger partial charge in [-0.05, 0) is 51.4 Å². The summed E-state index contributed by atoms with van der Waals surface area (Å²) in [6.45, 7) is 7.53. The number of nitrogens with one attached hydrogen (secondary N) is 1. The van der Waals surface area contributed by atoms with Gasteiger partial charge in [0.05, 0.1) is 11.4 Å². The van der Waals surface area contributed by atoms with Crippen LogP contribution in [0.2, 0.25) is 0 Å². The second-order valence-electron chi connectivity index (χ2n) is 7.89. The van der Waals surface area contributed by atoms with Gasteiger partial charge in [0, 0.05) is 43.7 Å².